The zero-order valence-corrected chi connectivity index (χ0v) is 14.6. The summed E-state index contributed by atoms with van der Waals surface area (Å²) in [5.74, 6) is 0.862. The number of phenolic OH excluding ortho intramolecular Hbond substituents is 1. The molecule has 0 heterocycles. The van der Waals surface area contributed by atoms with Crippen molar-refractivity contribution in [3.8, 4) is 22.6 Å². The van der Waals surface area contributed by atoms with Gasteiger partial charge >= 0.3 is 0 Å². The van der Waals surface area contributed by atoms with Crippen molar-refractivity contribution in [1.82, 2.24) is 0 Å². The highest BCUT2D eigenvalue weighted by Crippen LogP contribution is 2.27. The monoisotopic (exact) mass is 330 g/mol. The summed E-state index contributed by atoms with van der Waals surface area (Å²) >= 11 is 0. The van der Waals surface area contributed by atoms with Gasteiger partial charge in [-0.05, 0) is 54.2 Å². The molecule has 2 nitrogen and oxygen atoms in total. The fourth-order valence-electron chi connectivity index (χ4n) is 2.76. The van der Waals surface area contributed by atoms with E-state index in [0.717, 1.165) is 24.0 Å². The molecule has 0 fully saturated rings. The van der Waals surface area contributed by atoms with Gasteiger partial charge in [-0.25, -0.2) is 4.39 Å². The molecule has 0 aromatic heterocycles. The van der Waals surface area contributed by atoms with Crippen molar-refractivity contribution in [2.45, 2.75) is 46.0 Å². The van der Waals surface area contributed by atoms with Gasteiger partial charge in [-0.15, -0.1) is 0 Å². The Kier molecular flexibility index (Phi) is 7.10. The number of hydrogen-bond donors (Lipinski definition) is 1. The van der Waals surface area contributed by atoms with Crippen molar-refractivity contribution in [1.29, 1.82) is 0 Å². The van der Waals surface area contributed by atoms with Crippen LogP contribution in [0.1, 0.15) is 46.0 Å². The zero-order chi connectivity index (χ0) is 17.4. The van der Waals surface area contributed by atoms with E-state index >= 15 is 0 Å². The van der Waals surface area contributed by atoms with Crippen LogP contribution in [0.25, 0.3) is 11.1 Å². The molecule has 0 saturated carbocycles. The molecule has 0 amide bonds. The Morgan fingerprint density at radius 2 is 1.67 bits per heavy atom. The lowest BCUT2D eigenvalue weighted by atomic mass is 9.99. The molecule has 2 aromatic rings. The number of aromatic hydroxyl groups is 1. The second-order valence-electron chi connectivity index (χ2n) is 6.43. The van der Waals surface area contributed by atoms with Crippen molar-refractivity contribution in [2.75, 3.05) is 6.61 Å². The van der Waals surface area contributed by atoms with Crippen LogP contribution in [0.15, 0.2) is 42.5 Å². The molecule has 2 aromatic carbocycles. The van der Waals surface area contributed by atoms with Crippen LogP contribution in [-0.2, 0) is 0 Å². The van der Waals surface area contributed by atoms with Gasteiger partial charge in [0.25, 0.3) is 0 Å². The number of benzene rings is 2. The summed E-state index contributed by atoms with van der Waals surface area (Å²) in [6.07, 6.45) is 5.83. The van der Waals surface area contributed by atoms with Gasteiger partial charge in [0, 0.05) is 0 Å². The third-order valence-electron chi connectivity index (χ3n) is 4.28. The molecule has 1 atom stereocenters. The lowest BCUT2D eigenvalue weighted by Crippen LogP contribution is -2.03. The van der Waals surface area contributed by atoms with E-state index in [1.165, 1.54) is 25.3 Å². The first-order valence-corrected chi connectivity index (χ1v) is 8.82. The number of ether oxygens (including phenoxy) is 1. The summed E-state index contributed by atoms with van der Waals surface area (Å²) in [6.45, 7) is 5.02. The minimum atomic E-state index is -0.348. The maximum Gasteiger partial charge on any atom is 0.165 e. The molecule has 0 saturated heterocycles. The van der Waals surface area contributed by atoms with Crippen LogP contribution in [0, 0.1) is 11.7 Å². The Morgan fingerprint density at radius 3 is 2.33 bits per heavy atom. The number of hydrogen-bond acceptors (Lipinski definition) is 2. The average Bonchev–Trinajstić information content (AvgIpc) is 2.58. The first-order chi connectivity index (χ1) is 11.6. The fraction of sp³-hybridized carbons (Fsp3) is 0.429. The van der Waals surface area contributed by atoms with Crippen molar-refractivity contribution >= 4 is 0 Å². The molecular weight excluding hydrogens is 303 g/mol. The highest BCUT2D eigenvalue weighted by Gasteiger charge is 2.07. The lowest BCUT2D eigenvalue weighted by molar-refractivity contribution is 0.279. The van der Waals surface area contributed by atoms with Crippen molar-refractivity contribution in [3.63, 3.8) is 0 Å². The maximum atomic E-state index is 14.2. The Hall–Kier alpha value is -2.03. The van der Waals surface area contributed by atoms with E-state index in [1.807, 2.05) is 6.07 Å². The van der Waals surface area contributed by atoms with E-state index in [0.29, 0.717) is 18.3 Å². The van der Waals surface area contributed by atoms with Gasteiger partial charge < -0.3 is 9.84 Å². The van der Waals surface area contributed by atoms with Gasteiger partial charge in [0.15, 0.2) is 11.6 Å². The summed E-state index contributed by atoms with van der Waals surface area (Å²) in [6, 6.07) is 11.7. The normalized spacial score (nSPS) is 12.1. The third-order valence-corrected chi connectivity index (χ3v) is 4.28. The van der Waals surface area contributed by atoms with Gasteiger partial charge in [-0.1, -0.05) is 51.3 Å². The minimum absolute atomic E-state index is 0.201. The fourth-order valence-corrected chi connectivity index (χ4v) is 2.76. The second-order valence-corrected chi connectivity index (χ2v) is 6.43. The predicted molar refractivity (Wildman–Crippen MR) is 96.9 cm³/mol. The molecule has 0 aliphatic rings. The van der Waals surface area contributed by atoms with Gasteiger partial charge in [0.1, 0.15) is 5.75 Å². The van der Waals surface area contributed by atoms with Crippen LogP contribution in [0.2, 0.25) is 0 Å². The summed E-state index contributed by atoms with van der Waals surface area (Å²) < 4.78 is 19.8. The van der Waals surface area contributed by atoms with Crippen LogP contribution in [0.3, 0.4) is 0 Å². The van der Waals surface area contributed by atoms with E-state index in [4.69, 9.17) is 4.74 Å². The van der Waals surface area contributed by atoms with Crippen LogP contribution in [0.4, 0.5) is 4.39 Å². The van der Waals surface area contributed by atoms with Gasteiger partial charge in [-0.3, -0.25) is 0 Å². The Morgan fingerprint density at radius 1 is 1.00 bits per heavy atom. The summed E-state index contributed by atoms with van der Waals surface area (Å²) in [4.78, 5) is 0. The quantitative estimate of drug-likeness (QED) is 0.556. The van der Waals surface area contributed by atoms with Crippen LogP contribution < -0.4 is 4.74 Å². The predicted octanol–water partition coefficient (Wildman–Crippen LogP) is 6.18. The van der Waals surface area contributed by atoms with E-state index in [1.54, 1.807) is 30.3 Å². The molecule has 2 rings (SSSR count). The van der Waals surface area contributed by atoms with Gasteiger partial charge in [0.05, 0.1) is 6.61 Å². The van der Waals surface area contributed by atoms with Gasteiger partial charge in [0.2, 0.25) is 0 Å². The van der Waals surface area contributed by atoms with Crippen LogP contribution >= 0.6 is 0 Å². The smallest absolute Gasteiger partial charge is 0.165 e. The third kappa shape index (κ3) is 5.55. The summed E-state index contributed by atoms with van der Waals surface area (Å²) in [5, 5.41) is 9.32. The van der Waals surface area contributed by atoms with E-state index in [-0.39, 0.29) is 11.6 Å². The molecular formula is C21H27FO2. The lowest BCUT2D eigenvalue weighted by Gasteiger charge is -2.12. The van der Waals surface area contributed by atoms with Crippen molar-refractivity contribution in [3.05, 3.63) is 48.3 Å². The minimum Gasteiger partial charge on any atom is -0.508 e. The van der Waals surface area contributed by atoms with Crippen LogP contribution in [-0.4, -0.2) is 11.7 Å². The second kappa shape index (κ2) is 9.31. The van der Waals surface area contributed by atoms with Crippen LogP contribution in [0.5, 0.6) is 11.5 Å². The molecule has 0 bridgehead atoms. The molecule has 1 N–H and O–H groups in total. The number of halogens is 1. The first-order valence-electron chi connectivity index (χ1n) is 8.82. The first kappa shape index (κ1) is 18.3. The number of unbranched alkanes of at least 4 members (excludes halogenated alkanes) is 1. The highest BCUT2D eigenvalue weighted by atomic mass is 19.1. The summed E-state index contributed by atoms with van der Waals surface area (Å²) in [7, 11) is 0. The zero-order valence-electron chi connectivity index (χ0n) is 14.6. The van der Waals surface area contributed by atoms with E-state index in [9.17, 15) is 9.50 Å². The van der Waals surface area contributed by atoms with Crippen molar-refractivity contribution in [2.24, 2.45) is 5.92 Å². The maximum absolute atomic E-state index is 14.2. The van der Waals surface area contributed by atoms with Gasteiger partial charge in [-0.2, -0.15) is 0 Å². The number of phenols is 1. The highest BCUT2D eigenvalue weighted by molar-refractivity contribution is 5.65. The molecule has 24 heavy (non-hydrogen) atoms. The SMILES string of the molecule is CCCC[C@H](C)CCCOc1ccc(-c2ccc(O)cc2)cc1F. The van der Waals surface area contributed by atoms with E-state index < -0.39 is 0 Å². The largest absolute Gasteiger partial charge is 0.508 e. The molecule has 0 aliphatic heterocycles. The average molecular weight is 330 g/mol. The van der Waals surface area contributed by atoms with Crippen molar-refractivity contribution < 1.29 is 14.2 Å². The van der Waals surface area contributed by atoms with E-state index in [2.05, 4.69) is 13.8 Å². The number of rotatable bonds is 9. The Labute approximate surface area is 144 Å². The molecule has 0 unspecified atom stereocenters. The molecule has 0 spiro atoms. The Bertz CT molecular complexity index is 622. The summed E-state index contributed by atoms with van der Waals surface area (Å²) in [5.41, 5.74) is 1.64. The molecule has 130 valence electrons. The molecule has 0 radical (unpaired) electrons. The standard InChI is InChI=1S/C21H27FO2/c1-3-4-6-16(2)7-5-14-24-21-13-10-18(15-20(21)22)17-8-11-19(23)12-9-17/h8-13,15-16,23H,3-7,14H2,1-2H3/t16-/m0/s1. The molecule has 3 heteroatoms. The molecule has 0 aliphatic carbocycles. The topological polar surface area (TPSA) is 29.5 Å². The Balaban J connectivity index is 1.85.